The van der Waals surface area contributed by atoms with Crippen molar-refractivity contribution in [3.05, 3.63) is 29.8 Å². The number of anilines is 1. The number of nitrogens with zero attached hydrogens (tertiary/aromatic N) is 2. The van der Waals surface area contributed by atoms with Gasteiger partial charge in [0.1, 0.15) is 0 Å². The van der Waals surface area contributed by atoms with E-state index in [4.69, 9.17) is 5.73 Å². The predicted octanol–water partition coefficient (Wildman–Crippen LogP) is 1.42. The number of hydrogen-bond donors (Lipinski definition) is 1. The molecule has 2 atom stereocenters. The van der Waals surface area contributed by atoms with E-state index >= 15 is 0 Å². The Bertz CT molecular complexity index is 494. The maximum absolute atomic E-state index is 12.5. The van der Waals surface area contributed by atoms with Crippen molar-refractivity contribution in [1.82, 2.24) is 4.90 Å². The number of halogens is 1. The Labute approximate surface area is 126 Å². The summed E-state index contributed by atoms with van der Waals surface area (Å²) in [5.41, 5.74) is 8.26. The molecule has 0 spiro atoms. The molecule has 2 unspecified atom stereocenters. The number of likely N-dealkylation sites (tertiary alicyclic amines) is 1. The van der Waals surface area contributed by atoms with Crippen molar-refractivity contribution in [2.45, 2.75) is 31.8 Å². The summed E-state index contributed by atoms with van der Waals surface area (Å²) < 4.78 is 0. The lowest BCUT2D eigenvalue weighted by Crippen LogP contribution is -2.43. The molecule has 2 aliphatic heterocycles. The van der Waals surface area contributed by atoms with Gasteiger partial charge < -0.3 is 10.6 Å². The normalized spacial score (nSPS) is 25.4. The molecule has 110 valence electrons. The lowest BCUT2D eigenvalue weighted by atomic mass is 10.1. The van der Waals surface area contributed by atoms with Crippen LogP contribution in [0.3, 0.4) is 0 Å². The molecular weight excluding hydrogens is 274 g/mol. The molecule has 3 rings (SSSR count). The van der Waals surface area contributed by atoms with Crippen LogP contribution in [0.4, 0.5) is 5.69 Å². The van der Waals surface area contributed by atoms with Gasteiger partial charge in [-0.15, -0.1) is 12.4 Å². The molecule has 4 nitrogen and oxygen atoms in total. The maximum atomic E-state index is 12.5. The van der Waals surface area contributed by atoms with E-state index in [1.807, 2.05) is 23.1 Å². The van der Waals surface area contributed by atoms with Gasteiger partial charge in [-0.2, -0.15) is 0 Å². The zero-order valence-electron chi connectivity index (χ0n) is 11.8. The van der Waals surface area contributed by atoms with E-state index in [2.05, 4.69) is 17.9 Å². The lowest BCUT2D eigenvalue weighted by molar-refractivity contribution is -0.119. The molecule has 1 fully saturated rings. The SMILES string of the molecule is CC1Cc2ccccc2N1C(=O)CN1CCC(N)C1.Cl. The van der Waals surface area contributed by atoms with Crippen molar-refractivity contribution >= 4 is 24.0 Å². The molecule has 1 saturated heterocycles. The van der Waals surface area contributed by atoms with Crippen LogP contribution in [-0.2, 0) is 11.2 Å². The maximum Gasteiger partial charge on any atom is 0.241 e. The topological polar surface area (TPSA) is 49.6 Å². The molecule has 1 aromatic carbocycles. The quantitative estimate of drug-likeness (QED) is 0.898. The number of fused-ring (bicyclic) bond motifs is 1. The fourth-order valence-corrected chi connectivity index (χ4v) is 3.22. The Morgan fingerprint density at radius 2 is 2.15 bits per heavy atom. The van der Waals surface area contributed by atoms with Crippen LogP contribution in [0.2, 0.25) is 0 Å². The van der Waals surface area contributed by atoms with E-state index < -0.39 is 0 Å². The molecule has 5 heteroatoms. The summed E-state index contributed by atoms with van der Waals surface area (Å²) in [5, 5.41) is 0. The van der Waals surface area contributed by atoms with Gasteiger partial charge in [0.25, 0.3) is 0 Å². The summed E-state index contributed by atoms with van der Waals surface area (Å²) in [6.07, 6.45) is 1.96. The minimum atomic E-state index is 0. The second-order valence-corrected chi connectivity index (χ2v) is 5.73. The molecular formula is C15H22ClN3O. The van der Waals surface area contributed by atoms with Gasteiger partial charge in [-0.3, -0.25) is 9.69 Å². The third-order valence-corrected chi connectivity index (χ3v) is 4.14. The van der Waals surface area contributed by atoms with Crippen molar-refractivity contribution in [2.24, 2.45) is 5.73 Å². The van der Waals surface area contributed by atoms with E-state index in [9.17, 15) is 4.79 Å². The highest BCUT2D eigenvalue weighted by Crippen LogP contribution is 2.31. The van der Waals surface area contributed by atoms with E-state index in [1.54, 1.807) is 0 Å². The van der Waals surface area contributed by atoms with Gasteiger partial charge in [0.05, 0.1) is 6.54 Å². The Hall–Kier alpha value is -1.10. The summed E-state index contributed by atoms with van der Waals surface area (Å²) in [6, 6.07) is 8.71. The lowest BCUT2D eigenvalue weighted by Gasteiger charge is -2.25. The van der Waals surface area contributed by atoms with E-state index in [-0.39, 0.29) is 30.4 Å². The molecule has 20 heavy (non-hydrogen) atoms. The third kappa shape index (κ3) is 2.82. The van der Waals surface area contributed by atoms with E-state index in [0.717, 1.165) is 31.6 Å². The average molecular weight is 296 g/mol. The number of carbonyl (C=O) groups is 1. The molecule has 1 aromatic rings. The van der Waals surface area contributed by atoms with Crippen LogP contribution in [0.5, 0.6) is 0 Å². The van der Waals surface area contributed by atoms with Crippen LogP contribution in [0.1, 0.15) is 18.9 Å². The minimum Gasteiger partial charge on any atom is -0.326 e. The number of nitrogens with two attached hydrogens (primary N) is 1. The van der Waals surface area contributed by atoms with Crippen molar-refractivity contribution in [1.29, 1.82) is 0 Å². The van der Waals surface area contributed by atoms with Crippen LogP contribution in [0, 0.1) is 0 Å². The first-order valence-electron chi connectivity index (χ1n) is 7.03. The molecule has 0 saturated carbocycles. The van der Waals surface area contributed by atoms with Gasteiger partial charge in [0.15, 0.2) is 0 Å². The number of para-hydroxylation sites is 1. The molecule has 0 aliphatic carbocycles. The number of rotatable bonds is 2. The molecule has 0 bridgehead atoms. The first-order chi connectivity index (χ1) is 9.15. The van der Waals surface area contributed by atoms with Gasteiger partial charge in [-0.05, 0) is 31.4 Å². The standard InChI is InChI=1S/C15H21N3O.ClH/c1-11-8-12-4-2-3-5-14(12)18(11)15(19)10-17-7-6-13(16)9-17;/h2-5,11,13H,6-10,16H2,1H3;1H. The molecule has 2 N–H and O–H groups in total. The zero-order chi connectivity index (χ0) is 13.4. The monoisotopic (exact) mass is 295 g/mol. The first kappa shape index (κ1) is 15.3. The molecule has 2 aliphatic rings. The highest BCUT2D eigenvalue weighted by molar-refractivity contribution is 5.97. The number of carbonyl (C=O) groups excluding carboxylic acids is 1. The summed E-state index contributed by atoms with van der Waals surface area (Å²) in [5.74, 6) is 0.201. The number of amides is 1. The first-order valence-corrected chi connectivity index (χ1v) is 7.03. The van der Waals surface area contributed by atoms with E-state index in [1.165, 1.54) is 5.56 Å². The third-order valence-electron chi connectivity index (χ3n) is 4.14. The van der Waals surface area contributed by atoms with Crippen molar-refractivity contribution in [3.63, 3.8) is 0 Å². The average Bonchev–Trinajstić information content (AvgIpc) is 2.91. The van der Waals surface area contributed by atoms with E-state index in [0.29, 0.717) is 6.54 Å². The predicted molar refractivity (Wildman–Crippen MR) is 83.4 cm³/mol. The van der Waals surface area contributed by atoms with Crippen LogP contribution < -0.4 is 10.6 Å². The van der Waals surface area contributed by atoms with Crippen molar-refractivity contribution in [3.8, 4) is 0 Å². The molecule has 0 radical (unpaired) electrons. The van der Waals surface area contributed by atoms with Gasteiger partial charge in [0, 0.05) is 30.9 Å². The van der Waals surface area contributed by atoms with Gasteiger partial charge in [-0.1, -0.05) is 18.2 Å². The van der Waals surface area contributed by atoms with Crippen LogP contribution in [0.15, 0.2) is 24.3 Å². The van der Waals surface area contributed by atoms with Crippen molar-refractivity contribution < 1.29 is 4.79 Å². The summed E-state index contributed by atoms with van der Waals surface area (Å²) in [6.45, 7) is 4.40. The Balaban J connectivity index is 0.00000147. The van der Waals surface area contributed by atoms with Gasteiger partial charge in [0.2, 0.25) is 5.91 Å². The Morgan fingerprint density at radius 3 is 2.85 bits per heavy atom. The fraction of sp³-hybridized carbons (Fsp3) is 0.533. The van der Waals surface area contributed by atoms with Gasteiger partial charge in [-0.25, -0.2) is 0 Å². The highest BCUT2D eigenvalue weighted by atomic mass is 35.5. The smallest absolute Gasteiger partial charge is 0.241 e. The molecule has 0 aromatic heterocycles. The van der Waals surface area contributed by atoms with Crippen LogP contribution >= 0.6 is 12.4 Å². The highest BCUT2D eigenvalue weighted by Gasteiger charge is 2.32. The van der Waals surface area contributed by atoms with Gasteiger partial charge >= 0.3 is 0 Å². The summed E-state index contributed by atoms with van der Waals surface area (Å²) >= 11 is 0. The molecule has 1 amide bonds. The Morgan fingerprint density at radius 1 is 1.40 bits per heavy atom. The largest absolute Gasteiger partial charge is 0.326 e. The van der Waals surface area contributed by atoms with Crippen LogP contribution in [-0.4, -0.2) is 42.5 Å². The summed E-state index contributed by atoms with van der Waals surface area (Å²) in [4.78, 5) is 16.6. The van der Waals surface area contributed by atoms with Crippen molar-refractivity contribution in [2.75, 3.05) is 24.5 Å². The summed E-state index contributed by atoms with van der Waals surface area (Å²) in [7, 11) is 0. The Kier molecular flexibility index (Phi) is 4.68. The fourth-order valence-electron chi connectivity index (χ4n) is 3.22. The second-order valence-electron chi connectivity index (χ2n) is 5.73. The zero-order valence-corrected chi connectivity index (χ0v) is 12.6. The number of hydrogen-bond acceptors (Lipinski definition) is 3. The second kappa shape index (κ2) is 6.12. The number of benzene rings is 1. The molecule has 2 heterocycles. The van der Waals surface area contributed by atoms with Crippen LogP contribution in [0.25, 0.3) is 0 Å². The minimum absolute atomic E-state index is 0.